The van der Waals surface area contributed by atoms with Crippen LogP contribution in [0.5, 0.6) is 5.75 Å². The SMILES string of the molecule is CS(=O)(=O)N1CCc2cc(C(=O)COc3ccccc3[N+](=O)[O-])ccc21. The lowest BCUT2D eigenvalue weighted by molar-refractivity contribution is -0.385. The quantitative estimate of drug-likeness (QED) is 0.434. The molecule has 3 rings (SSSR count). The van der Waals surface area contributed by atoms with E-state index in [2.05, 4.69) is 0 Å². The molecular weight excluding hydrogens is 360 g/mol. The number of nitro benzene ring substituents is 1. The zero-order chi connectivity index (χ0) is 18.9. The fraction of sp³-hybridized carbons (Fsp3) is 0.235. The molecular formula is C17H16N2O6S. The standard InChI is InChI=1S/C17H16N2O6S/c1-26(23,24)18-9-8-12-10-13(6-7-14(12)18)16(20)11-25-17-5-3-2-4-15(17)19(21)22/h2-7,10H,8-9,11H2,1H3. The van der Waals surface area contributed by atoms with Gasteiger partial charge in [0, 0.05) is 18.2 Å². The Morgan fingerprint density at radius 1 is 1.27 bits per heavy atom. The number of ketones is 1. The minimum Gasteiger partial charge on any atom is -0.478 e. The molecule has 0 aliphatic carbocycles. The summed E-state index contributed by atoms with van der Waals surface area (Å²) in [6, 6.07) is 10.6. The average Bonchev–Trinajstić information content (AvgIpc) is 3.03. The molecule has 0 saturated carbocycles. The van der Waals surface area contributed by atoms with Crippen molar-refractivity contribution in [2.75, 3.05) is 23.7 Å². The molecule has 1 heterocycles. The van der Waals surface area contributed by atoms with Gasteiger partial charge in [0.1, 0.15) is 0 Å². The third-order valence-electron chi connectivity index (χ3n) is 4.08. The van der Waals surface area contributed by atoms with Crippen LogP contribution >= 0.6 is 0 Å². The molecule has 1 aliphatic rings. The van der Waals surface area contributed by atoms with Crippen molar-refractivity contribution in [3.63, 3.8) is 0 Å². The van der Waals surface area contributed by atoms with Gasteiger partial charge in [-0.05, 0) is 36.2 Å². The van der Waals surface area contributed by atoms with Crippen LogP contribution in [0.1, 0.15) is 15.9 Å². The average molecular weight is 376 g/mol. The molecule has 0 bridgehead atoms. The first-order valence-electron chi connectivity index (χ1n) is 7.77. The number of nitrogens with zero attached hydrogens (tertiary/aromatic N) is 2. The van der Waals surface area contributed by atoms with E-state index in [0.29, 0.717) is 24.2 Å². The van der Waals surface area contributed by atoms with Gasteiger partial charge in [-0.1, -0.05) is 12.1 Å². The number of rotatable bonds is 6. The van der Waals surface area contributed by atoms with Gasteiger partial charge in [0.25, 0.3) is 0 Å². The fourth-order valence-corrected chi connectivity index (χ4v) is 3.80. The van der Waals surface area contributed by atoms with E-state index in [1.807, 2.05) is 0 Å². The van der Waals surface area contributed by atoms with Crippen LogP contribution in [0.2, 0.25) is 0 Å². The second-order valence-corrected chi connectivity index (χ2v) is 7.77. The van der Waals surface area contributed by atoms with Gasteiger partial charge in [-0.25, -0.2) is 8.42 Å². The lowest BCUT2D eigenvalue weighted by Crippen LogP contribution is -2.27. The first kappa shape index (κ1) is 17.9. The summed E-state index contributed by atoms with van der Waals surface area (Å²) in [6.45, 7) is -0.00203. The van der Waals surface area contributed by atoms with Crippen LogP contribution in [-0.4, -0.2) is 38.5 Å². The lowest BCUT2D eigenvalue weighted by Gasteiger charge is -2.16. The number of nitro groups is 1. The molecule has 136 valence electrons. The van der Waals surface area contributed by atoms with Crippen molar-refractivity contribution in [3.8, 4) is 5.75 Å². The van der Waals surface area contributed by atoms with Gasteiger partial charge in [-0.2, -0.15) is 0 Å². The Labute approximate surface area is 150 Å². The van der Waals surface area contributed by atoms with Crippen molar-refractivity contribution < 1.29 is 22.9 Å². The van der Waals surface area contributed by atoms with E-state index < -0.39 is 14.9 Å². The van der Waals surface area contributed by atoms with E-state index >= 15 is 0 Å². The zero-order valence-electron chi connectivity index (χ0n) is 13.9. The van der Waals surface area contributed by atoms with Gasteiger partial charge in [-0.15, -0.1) is 0 Å². The molecule has 9 heteroatoms. The summed E-state index contributed by atoms with van der Waals surface area (Å²) in [4.78, 5) is 22.7. The molecule has 2 aromatic carbocycles. The van der Waals surface area contributed by atoms with Crippen LogP contribution < -0.4 is 9.04 Å². The number of Topliss-reactive ketones (excluding diaryl/α,β-unsaturated/α-hetero) is 1. The molecule has 0 amide bonds. The fourth-order valence-electron chi connectivity index (χ4n) is 2.85. The van der Waals surface area contributed by atoms with Crippen molar-refractivity contribution in [2.45, 2.75) is 6.42 Å². The predicted octanol–water partition coefficient (Wildman–Crippen LogP) is 2.18. The van der Waals surface area contributed by atoms with Gasteiger partial charge in [0.15, 0.2) is 18.1 Å². The number of carbonyl (C=O) groups excluding carboxylic acids is 1. The number of carbonyl (C=O) groups is 1. The maximum Gasteiger partial charge on any atom is 0.310 e. The maximum absolute atomic E-state index is 12.4. The first-order valence-corrected chi connectivity index (χ1v) is 9.62. The van der Waals surface area contributed by atoms with E-state index in [1.54, 1.807) is 18.2 Å². The van der Waals surface area contributed by atoms with Crippen molar-refractivity contribution in [2.24, 2.45) is 0 Å². The van der Waals surface area contributed by atoms with Crippen molar-refractivity contribution in [1.82, 2.24) is 0 Å². The molecule has 0 aromatic heterocycles. The zero-order valence-corrected chi connectivity index (χ0v) is 14.7. The normalized spacial score (nSPS) is 13.3. The molecule has 8 nitrogen and oxygen atoms in total. The Bertz CT molecular complexity index is 986. The molecule has 0 spiro atoms. The summed E-state index contributed by atoms with van der Waals surface area (Å²) in [5.41, 5.74) is 1.51. The van der Waals surface area contributed by atoms with Crippen LogP contribution in [0.15, 0.2) is 42.5 Å². The summed E-state index contributed by atoms with van der Waals surface area (Å²) >= 11 is 0. The molecule has 0 radical (unpaired) electrons. The van der Waals surface area contributed by atoms with Gasteiger partial charge < -0.3 is 4.74 Å². The number of fused-ring (bicyclic) bond motifs is 1. The van der Waals surface area contributed by atoms with Gasteiger partial charge in [0.2, 0.25) is 10.0 Å². The van der Waals surface area contributed by atoms with Crippen LogP contribution in [-0.2, 0) is 16.4 Å². The maximum atomic E-state index is 12.4. The second kappa shape index (κ2) is 6.75. The molecule has 0 saturated heterocycles. The Kier molecular flexibility index (Phi) is 4.64. The van der Waals surface area contributed by atoms with E-state index in [4.69, 9.17) is 4.74 Å². The molecule has 0 N–H and O–H groups in total. The van der Waals surface area contributed by atoms with Crippen LogP contribution in [0.25, 0.3) is 0 Å². The second-order valence-electron chi connectivity index (χ2n) is 5.87. The first-order chi connectivity index (χ1) is 12.3. The summed E-state index contributed by atoms with van der Waals surface area (Å²) in [5, 5.41) is 11.0. The highest BCUT2D eigenvalue weighted by molar-refractivity contribution is 7.92. The molecule has 26 heavy (non-hydrogen) atoms. The summed E-state index contributed by atoms with van der Waals surface area (Å²) in [6.07, 6.45) is 1.66. The molecule has 2 aromatic rings. The van der Waals surface area contributed by atoms with E-state index in [0.717, 1.165) is 11.8 Å². The molecule has 0 unspecified atom stereocenters. The Morgan fingerprint density at radius 3 is 2.69 bits per heavy atom. The smallest absolute Gasteiger partial charge is 0.310 e. The molecule has 1 aliphatic heterocycles. The van der Waals surface area contributed by atoms with Crippen LogP contribution in [0.4, 0.5) is 11.4 Å². The van der Waals surface area contributed by atoms with E-state index in [9.17, 15) is 23.3 Å². The van der Waals surface area contributed by atoms with Crippen LogP contribution in [0.3, 0.4) is 0 Å². The largest absolute Gasteiger partial charge is 0.478 e. The number of ether oxygens (including phenoxy) is 1. The van der Waals surface area contributed by atoms with Crippen molar-refractivity contribution in [3.05, 3.63) is 63.7 Å². The van der Waals surface area contributed by atoms with Gasteiger partial charge in [-0.3, -0.25) is 19.2 Å². The minimum absolute atomic E-state index is 0.0234. The number of hydrogen-bond donors (Lipinski definition) is 0. The number of anilines is 1. The lowest BCUT2D eigenvalue weighted by atomic mass is 10.1. The third kappa shape index (κ3) is 3.52. The van der Waals surface area contributed by atoms with Crippen molar-refractivity contribution >= 4 is 27.2 Å². The van der Waals surface area contributed by atoms with Crippen LogP contribution in [0, 0.1) is 10.1 Å². The Hall–Kier alpha value is -2.94. The van der Waals surface area contributed by atoms with Gasteiger partial charge in [0.05, 0.1) is 16.9 Å². The van der Waals surface area contributed by atoms with E-state index in [-0.39, 0.29) is 23.8 Å². The number of benzene rings is 2. The minimum atomic E-state index is -3.35. The van der Waals surface area contributed by atoms with Gasteiger partial charge >= 0.3 is 5.69 Å². The Balaban J connectivity index is 1.75. The number of para-hydroxylation sites is 2. The van der Waals surface area contributed by atoms with E-state index in [1.165, 1.54) is 28.6 Å². The molecule has 0 fully saturated rings. The summed E-state index contributed by atoms with van der Waals surface area (Å²) in [7, 11) is -3.35. The van der Waals surface area contributed by atoms with Crippen molar-refractivity contribution in [1.29, 1.82) is 0 Å². The number of sulfonamides is 1. The third-order valence-corrected chi connectivity index (χ3v) is 5.26. The summed E-state index contributed by atoms with van der Waals surface area (Å²) < 4.78 is 30.1. The highest BCUT2D eigenvalue weighted by atomic mass is 32.2. The predicted molar refractivity (Wildman–Crippen MR) is 95.3 cm³/mol. The summed E-state index contributed by atoms with van der Waals surface area (Å²) in [5.74, 6) is -0.320. The molecule has 0 atom stereocenters. The topological polar surface area (TPSA) is 107 Å². The Morgan fingerprint density at radius 2 is 2.00 bits per heavy atom. The highest BCUT2D eigenvalue weighted by Crippen LogP contribution is 2.31. The monoisotopic (exact) mass is 376 g/mol. The highest BCUT2D eigenvalue weighted by Gasteiger charge is 2.27. The number of hydrogen-bond acceptors (Lipinski definition) is 6.